The van der Waals surface area contributed by atoms with E-state index in [2.05, 4.69) is 31.8 Å². The summed E-state index contributed by atoms with van der Waals surface area (Å²) in [6.07, 6.45) is 0. The van der Waals surface area contributed by atoms with Gasteiger partial charge in [-0.25, -0.2) is 0 Å². The van der Waals surface area contributed by atoms with Gasteiger partial charge in [0.05, 0.1) is 0 Å². The molecule has 0 spiro atoms. The molecule has 3 rings (SSSR count). The van der Waals surface area contributed by atoms with Gasteiger partial charge >= 0.3 is 0 Å². The molecule has 1 aliphatic rings. The molecule has 0 unspecified atom stereocenters. The second kappa shape index (κ2) is 6.97. The van der Waals surface area contributed by atoms with Crippen molar-refractivity contribution in [2.24, 2.45) is 0 Å². The minimum absolute atomic E-state index is 0.212. The van der Waals surface area contributed by atoms with Gasteiger partial charge in [0.15, 0.2) is 5.82 Å². The fourth-order valence-electron chi connectivity index (χ4n) is 2.32. The van der Waals surface area contributed by atoms with E-state index in [4.69, 9.17) is 22.1 Å². The van der Waals surface area contributed by atoms with E-state index >= 15 is 0 Å². The summed E-state index contributed by atoms with van der Waals surface area (Å²) in [7, 11) is 2.10. The molecule has 1 aliphatic heterocycles. The molecule has 0 saturated carbocycles. The zero-order valence-electron chi connectivity index (χ0n) is 12.9. The fourth-order valence-corrected chi connectivity index (χ4v) is 2.44. The maximum atomic E-state index is 5.85. The van der Waals surface area contributed by atoms with E-state index < -0.39 is 0 Å². The summed E-state index contributed by atoms with van der Waals surface area (Å²) in [5.41, 5.74) is 5.81. The highest BCUT2D eigenvalue weighted by atomic mass is 35.5. The van der Waals surface area contributed by atoms with Crippen molar-refractivity contribution in [3.8, 4) is 5.75 Å². The number of anilines is 2. The topological polar surface area (TPSA) is 80.4 Å². The van der Waals surface area contributed by atoms with Crippen LogP contribution in [0.15, 0.2) is 24.3 Å². The molecular formula is C15H19ClN6O. The third-order valence-electron chi connectivity index (χ3n) is 3.65. The molecule has 2 heterocycles. The number of likely N-dealkylation sites (N-methyl/N-ethyl adjacent to an activating group) is 1. The van der Waals surface area contributed by atoms with Gasteiger partial charge in [0.2, 0.25) is 11.9 Å². The summed E-state index contributed by atoms with van der Waals surface area (Å²) >= 11 is 5.85. The number of aromatic nitrogens is 3. The van der Waals surface area contributed by atoms with Crippen molar-refractivity contribution in [3.63, 3.8) is 0 Å². The lowest BCUT2D eigenvalue weighted by Gasteiger charge is -2.32. The summed E-state index contributed by atoms with van der Waals surface area (Å²) in [6, 6.07) is 7.14. The summed E-state index contributed by atoms with van der Waals surface area (Å²) in [5, 5.41) is 0.666. The van der Waals surface area contributed by atoms with Crippen LogP contribution < -0.4 is 15.4 Å². The number of rotatable bonds is 4. The van der Waals surface area contributed by atoms with E-state index in [1.165, 1.54) is 0 Å². The van der Waals surface area contributed by atoms with E-state index in [1.807, 2.05) is 0 Å². The molecule has 0 radical (unpaired) electrons. The molecule has 1 aromatic carbocycles. The van der Waals surface area contributed by atoms with E-state index in [0.717, 1.165) is 26.2 Å². The van der Waals surface area contributed by atoms with Crippen LogP contribution in [0.2, 0.25) is 5.02 Å². The second-order valence-electron chi connectivity index (χ2n) is 5.44. The van der Waals surface area contributed by atoms with Crippen LogP contribution in [0, 0.1) is 0 Å². The highest BCUT2D eigenvalue weighted by Crippen LogP contribution is 2.17. The van der Waals surface area contributed by atoms with Crippen LogP contribution >= 0.6 is 11.6 Å². The van der Waals surface area contributed by atoms with Crippen LogP contribution in [0.25, 0.3) is 0 Å². The van der Waals surface area contributed by atoms with Gasteiger partial charge in [0, 0.05) is 31.2 Å². The predicted octanol–water partition coefficient (Wildman–Crippen LogP) is 1.44. The van der Waals surface area contributed by atoms with E-state index in [9.17, 15) is 0 Å². The summed E-state index contributed by atoms with van der Waals surface area (Å²) in [4.78, 5) is 17.2. The van der Waals surface area contributed by atoms with Crippen LogP contribution in [0.3, 0.4) is 0 Å². The van der Waals surface area contributed by atoms with Crippen molar-refractivity contribution < 1.29 is 4.74 Å². The zero-order valence-corrected chi connectivity index (χ0v) is 13.7. The lowest BCUT2D eigenvalue weighted by atomic mass is 10.3. The van der Waals surface area contributed by atoms with Gasteiger partial charge in [-0.1, -0.05) is 11.6 Å². The van der Waals surface area contributed by atoms with Crippen molar-refractivity contribution in [2.45, 2.75) is 6.61 Å². The minimum atomic E-state index is 0.212. The standard InChI is InChI=1S/C15H19ClN6O/c1-21-6-8-22(9-7-21)15-19-13(18-14(17)20-15)10-23-12-4-2-11(16)3-5-12/h2-5H,6-10H2,1H3,(H2,17,18,19,20). The average molecular weight is 335 g/mol. The SMILES string of the molecule is CN1CCN(c2nc(N)nc(COc3ccc(Cl)cc3)n2)CC1. The number of halogens is 1. The lowest BCUT2D eigenvalue weighted by Crippen LogP contribution is -2.45. The minimum Gasteiger partial charge on any atom is -0.486 e. The Morgan fingerprint density at radius 1 is 1.09 bits per heavy atom. The van der Waals surface area contributed by atoms with Crippen molar-refractivity contribution in [2.75, 3.05) is 43.9 Å². The van der Waals surface area contributed by atoms with Crippen molar-refractivity contribution in [3.05, 3.63) is 35.1 Å². The summed E-state index contributed by atoms with van der Waals surface area (Å²) < 4.78 is 5.67. The van der Waals surface area contributed by atoms with Gasteiger partial charge in [-0.2, -0.15) is 15.0 Å². The lowest BCUT2D eigenvalue weighted by molar-refractivity contribution is 0.294. The van der Waals surface area contributed by atoms with E-state index in [-0.39, 0.29) is 12.6 Å². The Hall–Kier alpha value is -2.12. The molecular weight excluding hydrogens is 316 g/mol. The molecule has 122 valence electrons. The van der Waals surface area contributed by atoms with Crippen molar-refractivity contribution in [1.29, 1.82) is 0 Å². The molecule has 23 heavy (non-hydrogen) atoms. The van der Waals surface area contributed by atoms with Crippen LogP contribution in [-0.4, -0.2) is 53.1 Å². The van der Waals surface area contributed by atoms with Crippen LogP contribution in [0.1, 0.15) is 5.82 Å². The van der Waals surface area contributed by atoms with Gasteiger partial charge in [0.1, 0.15) is 12.4 Å². The van der Waals surface area contributed by atoms with Gasteiger partial charge in [-0.15, -0.1) is 0 Å². The van der Waals surface area contributed by atoms with Crippen molar-refractivity contribution in [1.82, 2.24) is 19.9 Å². The number of piperazine rings is 1. The Kier molecular flexibility index (Phi) is 4.78. The first-order chi connectivity index (χ1) is 11.1. The molecule has 0 bridgehead atoms. The Morgan fingerprint density at radius 3 is 2.48 bits per heavy atom. The smallest absolute Gasteiger partial charge is 0.230 e. The number of benzene rings is 1. The quantitative estimate of drug-likeness (QED) is 0.906. The van der Waals surface area contributed by atoms with Gasteiger partial charge in [0.25, 0.3) is 0 Å². The number of ether oxygens (including phenoxy) is 1. The van der Waals surface area contributed by atoms with Gasteiger partial charge in [-0.3, -0.25) is 0 Å². The third-order valence-corrected chi connectivity index (χ3v) is 3.91. The van der Waals surface area contributed by atoms with Crippen LogP contribution in [-0.2, 0) is 6.61 Å². The maximum absolute atomic E-state index is 5.85. The first-order valence-electron chi connectivity index (χ1n) is 7.42. The van der Waals surface area contributed by atoms with Crippen LogP contribution in [0.5, 0.6) is 5.75 Å². The molecule has 2 aromatic rings. The molecule has 1 saturated heterocycles. The molecule has 1 aromatic heterocycles. The number of nitrogens with two attached hydrogens (primary N) is 1. The number of hydrogen-bond donors (Lipinski definition) is 1. The highest BCUT2D eigenvalue weighted by molar-refractivity contribution is 6.30. The molecule has 0 aliphatic carbocycles. The average Bonchev–Trinajstić information content (AvgIpc) is 2.54. The monoisotopic (exact) mass is 334 g/mol. The first-order valence-corrected chi connectivity index (χ1v) is 7.80. The molecule has 1 fully saturated rings. The van der Waals surface area contributed by atoms with E-state index in [1.54, 1.807) is 24.3 Å². The molecule has 2 N–H and O–H groups in total. The molecule has 7 nitrogen and oxygen atoms in total. The van der Waals surface area contributed by atoms with Crippen LogP contribution in [0.4, 0.5) is 11.9 Å². The molecule has 0 atom stereocenters. The largest absolute Gasteiger partial charge is 0.486 e. The number of nitrogens with zero attached hydrogens (tertiary/aromatic N) is 5. The third kappa shape index (κ3) is 4.20. The number of nitrogen functional groups attached to an aromatic ring is 1. The fraction of sp³-hybridized carbons (Fsp3) is 0.400. The summed E-state index contributed by atoms with van der Waals surface area (Å²) in [5.74, 6) is 2.04. The maximum Gasteiger partial charge on any atom is 0.230 e. The summed E-state index contributed by atoms with van der Waals surface area (Å²) in [6.45, 7) is 3.92. The van der Waals surface area contributed by atoms with Gasteiger partial charge in [-0.05, 0) is 31.3 Å². The van der Waals surface area contributed by atoms with Crippen molar-refractivity contribution >= 4 is 23.5 Å². The zero-order chi connectivity index (χ0) is 16.2. The number of hydrogen-bond acceptors (Lipinski definition) is 7. The first kappa shape index (κ1) is 15.8. The Morgan fingerprint density at radius 2 is 1.78 bits per heavy atom. The highest BCUT2D eigenvalue weighted by Gasteiger charge is 2.18. The predicted molar refractivity (Wildman–Crippen MR) is 89.7 cm³/mol. The Bertz CT molecular complexity index is 658. The Balaban J connectivity index is 1.68. The normalized spacial score (nSPS) is 15.7. The molecule has 0 amide bonds. The molecule has 8 heteroatoms. The second-order valence-corrected chi connectivity index (χ2v) is 5.88. The van der Waals surface area contributed by atoms with E-state index in [0.29, 0.717) is 22.5 Å². The Labute approximate surface area is 140 Å². The van der Waals surface area contributed by atoms with Gasteiger partial charge < -0.3 is 20.3 Å².